The van der Waals surface area contributed by atoms with Crippen molar-refractivity contribution in [3.63, 3.8) is 0 Å². The van der Waals surface area contributed by atoms with E-state index in [1.165, 1.54) is 21.8 Å². The number of anilines is 1. The van der Waals surface area contributed by atoms with Gasteiger partial charge in [-0.15, -0.1) is 11.3 Å². The topological polar surface area (TPSA) is 53.9 Å². The third kappa shape index (κ3) is 4.49. The van der Waals surface area contributed by atoms with Crippen molar-refractivity contribution in [2.45, 2.75) is 6.54 Å². The lowest BCUT2D eigenvalue weighted by atomic mass is 10.1. The van der Waals surface area contributed by atoms with E-state index in [1.54, 1.807) is 23.5 Å². The summed E-state index contributed by atoms with van der Waals surface area (Å²) in [4.78, 5) is 29.2. The van der Waals surface area contributed by atoms with Crippen LogP contribution in [0.25, 0.3) is 0 Å². The molecule has 5 nitrogen and oxygen atoms in total. The lowest BCUT2D eigenvalue weighted by Crippen LogP contribution is -3.13. The van der Waals surface area contributed by atoms with E-state index in [9.17, 15) is 9.59 Å². The first-order valence-corrected chi connectivity index (χ1v) is 11.1. The van der Waals surface area contributed by atoms with E-state index >= 15 is 0 Å². The summed E-state index contributed by atoms with van der Waals surface area (Å²) < 4.78 is 0. The molecule has 3 heterocycles. The van der Waals surface area contributed by atoms with Crippen LogP contribution in [0.15, 0.2) is 58.6 Å². The summed E-state index contributed by atoms with van der Waals surface area (Å²) in [7, 11) is 0. The van der Waals surface area contributed by atoms with Crippen LogP contribution in [0.5, 0.6) is 0 Å². The maximum Gasteiger partial charge on any atom is 0.265 e. The molecule has 0 atom stereocenters. The predicted molar refractivity (Wildman–Crippen MR) is 113 cm³/mol. The Morgan fingerprint density at radius 1 is 1.07 bits per heavy atom. The zero-order valence-corrected chi connectivity index (χ0v) is 17.0. The highest BCUT2D eigenvalue weighted by Crippen LogP contribution is 2.16. The van der Waals surface area contributed by atoms with Crippen molar-refractivity contribution in [3.05, 3.63) is 74.6 Å². The Hall–Kier alpha value is -2.48. The van der Waals surface area contributed by atoms with Crippen molar-refractivity contribution in [3.8, 4) is 0 Å². The molecule has 144 valence electrons. The summed E-state index contributed by atoms with van der Waals surface area (Å²) in [6.45, 7) is 4.44. The molecular weight excluding hydrogens is 390 g/mol. The van der Waals surface area contributed by atoms with Crippen LogP contribution in [0.2, 0.25) is 0 Å². The third-order valence-electron chi connectivity index (χ3n) is 4.90. The minimum absolute atomic E-state index is 0.0294. The van der Waals surface area contributed by atoms with Gasteiger partial charge in [0, 0.05) is 16.8 Å². The van der Waals surface area contributed by atoms with Crippen LogP contribution in [0.1, 0.15) is 25.6 Å². The van der Waals surface area contributed by atoms with E-state index in [4.69, 9.17) is 0 Å². The fourth-order valence-electron chi connectivity index (χ4n) is 3.40. The van der Waals surface area contributed by atoms with Gasteiger partial charge in [0.25, 0.3) is 11.8 Å². The highest BCUT2D eigenvalue weighted by Gasteiger charge is 2.25. The van der Waals surface area contributed by atoms with Gasteiger partial charge in [-0.1, -0.05) is 12.1 Å². The van der Waals surface area contributed by atoms with Crippen LogP contribution < -0.4 is 10.2 Å². The number of nitrogens with zero attached hydrogens (tertiary/aromatic N) is 1. The van der Waals surface area contributed by atoms with Crippen LogP contribution in [0.4, 0.5) is 5.69 Å². The molecule has 3 aromatic rings. The van der Waals surface area contributed by atoms with Crippen molar-refractivity contribution >= 4 is 40.2 Å². The first-order valence-electron chi connectivity index (χ1n) is 9.28. The normalized spacial score (nSPS) is 14.8. The first kappa shape index (κ1) is 18.9. The number of carbonyl (C=O) groups excluding carboxylic acids is 2. The van der Waals surface area contributed by atoms with Crippen LogP contribution in [-0.2, 0) is 6.54 Å². The Labute approximate surface area is 172 Å². The lowest BCUT2D eigenvalue weighted by molar-refractivity contribution is -0.917. The number of quaternary nitrogens is 1. The molecule has 1 fully saturated rings. The number of nitrogens with one attached hydrogen (secondary N) is 2. The number of amides is 2. The van der Waals surface area contributed by atoms with E-state index in [2.05, 4.69) is 22.1 Å². The SMILES string of the molecule is O=C(Nc1cccc(C(=O)N2CC[NH+](Cc3ccsc3)CC2)c1)c1cccs1. The zero-order valence-electron chi connectivity index (χ0n) is 15.4. The molecule has 1 aliphatic heterocycles. The van der Waals surface area contributed by atoms with Gasteiger partial charge >= 0.3 is 0 Å². The molecule has 28 heavy (non-hydrogen) atoms. The minimum atomic E-state index is -0.148. The molecule has 1 aromatic carbocycles. The first-order chi connectivity index (χ1) is 13.7. The maximum absolute atomic E-state index is 12.9. The fourth-order valence-corrected chi connectivity index (χ4v) is 4.69. The van der Waals surface area contributed by atoms with Gasteiger partial charge in [0.2, 0.25) is 0 Å². The molecule has 7 heteroatoms. The summed E-state index contributed by atoms with van der Waals surface area (Å²) in [5.74, 6) is -0.118. The largest absolute Gasteiger partial charge is 0.328 e. The van der Waals surface area contributed by atoms with E-state index < -0.39 is 0 Å². The van der Waals surface area contributed by atoms with E-state index in [-0.39, 0.29) is 11.8 Å². The monoisotopic (exact) mass is 412 g/mol. The molecule has 2 aromatic heterocycles. The second-order valence-corrected chi connectivity index (χ2v) is 8.59. The molecule has 1 aliphatic rings. The van der Waals surface area contributed by atoms with Crippen molar-refractivity contribution in [2.75, 3.05) is 31.5 Å². The number of hydrogen-bond donors (Lipinski definition) is 2. The van der Waals surface area contributed by atoms with E-state index in [0.29, 0.717) is 16.1 Å². The highest BCUT2D eigenvalue weighted by molar-refractivity contribution is 7.12. The molecule has 2 amide bonds. The van der Waals surface area contributed by atoms with Crippen LogP contribution in [0, 0.1) is 0 Å². The molecule has 0 unspecified atom stereocenters. The number of carbonyl (C=O) groups is 2. The van der Waals surface area contributed by atoms with Gasteiger partial charge in [-0.2, -0.15) is 11.3 Å². The minimum Gasteiger partial charge on any atom is -0.328 e. The standard InChI is InChI=1S/C21H21N3O2S2/c25-20(19-5-2-11-28-19)22-18-4-1-3-17(13-18)21(26)24-9-7-23(8-10-24)14-16-6-12-27-15-16/h1-6,11-13,15H,7-10,14H2,(H,22,25)/p+1. The van der Waals surface area contributed by atoms with Crippen LogP contribution in [0.3, 0.4) is 0 Å². The summed E-state index contributed by atoms with van der Waals surface area (Å²) in [5, 5.41) is 9.05. The number of hydrogen-bond acceptors (Lipinski definition) is 4. The maximum atomic E-state index is 12.9. The van der Waals surface area contributed by atoms with Gasteiger partial charge in [0.15, 0.2) is 0 Å². The molecule has 2 N–H and O–H groups in total. The Morgan fingerprint density at radius 3 is 2.64 bits per heavy atom. The predicted octanol–water partition coefficient (Wildman–Crippen LogP) is 2.60. The van der Waals surface area contributed by atoms with Crippen LogP contribution in [-0.4, -0.2) is 42.9 Å². The molecule has 0 radical (unpaired) electrons. The number of rotatable bonds is 5. The Morgan fingerprint density at radius 2 is 1.93 bits per heavy atom. The highest BCUT2D eigenvalue weighted by atomic mass is 32.1. The average molecular weight is 413 g/mol. The Bertz CT molecular complexity index is 930. The van der Waals surface area contributed by atoms with Gasteiger partial charge in [-0.3, -0.25) is 9.59 Å². The summed E-state index contributed by atoms with van der Waals surface area (Å²) in [6, 6.07) is 13.0. The Balaban J connectivity index is 1.35. The summed E-state index contributed by atoms with van der Waals surface area (Å²) in [6.07, 6.45) is 0. The second kappa shape index (κ2) is 8.68. The molecule has 0 spiro atoms. The quantitative estimate of drug-likeness (QED) is 0.677. The second-order valence-electron chi connectivity index (χ2n) is 6.86. The number of piperazine rings is 1. The molecule has 0 saturated carbocycles. The smallest absolute Gasteiger partial charge is 0.265 e. The van der Waals surface area contributed by atoms with Gasteiger partial charge in [0.05, 0.1) is 31.1 Å². The van der Waals surface area contributed by atoms with E-state index in [0.717, 1.165) is 32.7 Å². The average Bonchev–Trinajstić information content (AvgIpc) is 3.42. The van der Waals surface area contributed by atoms with Crippen molar-refractivity contribution in [1.82, 2.24) is 4.90 Å². The summed E-state index contributed by atoms with van der Waals surface area (Å²) >= 11 is 3.12. The lowest BCUT2D eigenvalue weighted by Gasteiger charge is -2.32. The Kier molecular flexibility index (Phi) is 5.85. The van der Waals surface area contributed by atoms with Gasteiger partial charge < -0.3 is 15.1 Å². The van der Waals surface area contributed by atoms with Gasteiger partial charge in [0.1, 0.15) is 6.54 Å². The molecule has 4 rings (SSSR count). The molecule has 1 saturated heterocycles. The van der Waals surface area contributed by atoms with Crippen molar-refractivity contribution in [2.24, 2.45) is 0 Å². The summed E-state index contributed by atoms with van der Waals surface area (Å²) in [5.41, 5.74) is 2.63. The van der Waals surface area contributed by atoms with Crippen molar-refractivity contribution < 1.29 is 14.5 Å². The number of thiophene rings is 2. The third-order valence-corrected chi connectivity index (χ3v) is 6.51. The zero-order chi connectivity index (χ0) is 19.3. The van der Waals surface area contributed by atoms with E-state index in [1.807, 2.05) is 34.5 Å². The fraction of sp³-hybridized carbons (Fsp3) is 0.238. The number of benzene rings is 1. The van der Waals surface area contributed by atoms with Crippen molar-refractivity contribution in [1.29, 1.82) is 0 Å². The van der Waals surface area contributed by atoms with Crippen LogP contribution >= 0.6 is 22.7 Å². The van der Waals surface area contributed by atoms with Gasteiger partial charge in [-0.25, -0.2) is 0 Å². The molecule has 0 bridgehead atoms. The van der Waals surface area contributed by atoms with Gasteiger partial charge in [-0.05, 0) is 46.5 Å². The molecule has 0 aliphatic carbocycles. The molecular formula is C21H22N3O2S2+.